The highest BCUT2D eigenvalue weighted by molar-refractivity contribution is 5.90. The van der Waals surface area contributed by atoms with E-state index in [0.717, 1.165) is 11.3 Å². The summed E-state index contributed by atoms with van der Waals surface area (Å²) in [7, 11) is 0. The molecule has 1 fully saturated rings. The molecule has 0 radical (unpaired) electrons. The third-order valence-corrected chi connectivity index (χ3v) is 3.62. The summed E-state index contributed by atoms with van der Waals surface area (Å²) in [5.74, 6) is -0.339. The summed E-state index contributed by atoms with van der Waals surface area (Å²) < 4.78 is 13.4. The molecule has 1 saturated heterocycles. The van der Waals surface area contributed by atoms with E-state index in [0.29, 0.717) is 13.1 Å². The Labute approximate surface area is 112 Å². The zero-order valence-corrected chi connectivity index (χ0v) is 11.5. The maximum atomic E-state index is 13.4. The normalized spacial score (nSPS) is 20.1. The lowest BCUT2D eigenvalue weighted by Crippen LogP contribution is -2.62. The number of hydrogen-bond donors (Lipinski definition) is 2. The highest BCUT2D eigenvalue weighted by Crippen LogP contribution is 2.32. The molecule has 0 bridgehead atoms. The Hall–Kier alpha value is -1.62. The highest BCUT2D eigenvalue weighted by Gasteiger charge is 2.38. The number of carbonyl (C=O) groups excluding carboxylic acids is 1. The van der Waals surface area contributed by atoms with E-state index in [-0.39, 0.29) is 17.8 Å². The van der Waals surface area contributed by atoms with Crippen molar-refractivity contribution >= 4 is 11.6 Å². The van der Waals surface area contributed by atoms with Gasteiger partial charge in [-0.15, -0.1) is 0 Å². The summed E-state index contributed by atoms with van der Waals surface area (Å²) in [5.41, 5.74) is 6.81. The number of nitrogens with one attached hydrogen (secondary N) is 1. The first-order valence-electron chi connectivity index (χ1n) is 6.45. The molecule has 1 atom stereocenters. The molecule has 0 aromatic heterocycles. The number of anilines is 1. The van der Waals surface area contributed by atoms with Crippen molar-refractivity contribution in [2.75, 3.05) is 18.0 Å². The smallest absolute Gasteiger partial charge is 0.245 e. The third-order valence-electron chi connectivity index (χ3n) is 3.62. The van der Waals surface area contributed by atoms with E-state index in [1.165, 1.54) is 12.1 Å². The maximum absolute atomic E-state index is 13.4. The fourth-order valence-corrected chi connectivity index (χ4v) is 2.46. The van der Waals surface area contributed by atoms with Gasteiger partial charge < -0.3 is 16.0 Å². The van der Waals surface area contributed by atoms with Crippen molar-refractivity contribution in [3.63, 3.8) is 0 Å². The van der Waals surface area contributed by atoms with Crippen LogP contribution in [0.2, 0.25) is 0 Å². The summed E-state index contributed by atoms with van der Waals surface area (Å²) in [6, 6.07) is 4.27. The van der Waals surface area contributed by atoms with Gasteiger partial charge in [0.2, 0.25) is 5.91 Å². The molecule has 1 aliphatic rings. The number of nitrogens with two attached hydrogens (primary N) is 1. The van der Waals surface area contributed by atoms with E-state index >= 15 is 0 Å². The van der Waals surface area contributed by atoms with Crippen LogP contribution in [0.3, 0.4) is 0 Å². The Kier molecular flexibility index (Phi) is 3.49. The van der Waals surface area contributed by atoms with Gasteiger partial charge in [-0.05, 0) is 44.5 Å². The molecule has 1 aliphatic heterocycles. The SMILES string of the molecule is C[C@@H](N)c1cc(F)ccc1N1CCNC(=O)C1(C)C. The van der Waals surface area contributed by atoms with Crippen LogP contribution in [0.25, 0.3) is 0 Å². The Morgan fingerprint density at radius 3 is 2.79 bits per heavy atom. The average Bonchev–Trinajstić information content (AvgIpc) is 2.33. The summed E-state index contributed by atoms with van der Waals surface area (Å²) in [6.07, 6.45) is 0. The van der Waals surface area contributed by atoms with Gasteiger partial charge in [0.25, 0.3) is 0 Å². The van der Waals surface area contributed by atoms with Crippen LogP contribution in [0.5, 0.6) is 0 Å². The van der Waals surface area contributed by atoms with Gasteiger partial charge in [-0.3, -0.25) is 4.79 Å². The minimum Gasteiger partial charge on any atom is -0.355 e. The van der Waals surface area contributed by atoms with E-state index in [4.69, 9.17) is 5.73 Å². The van der Waals surface area contributed by atoms with E-state index < -0.39 is 5.54 Å². The molecule has 1 heterocycles. The number of piperazine rings is 1. The van der Waals surface area contributed by atoms with Gasteiger partial charge in [-0.2, -0.15) is 0 Å². The zero-order chi connectivity index (χ0) is 14.2. The molecule has 5 heteroatoms. The van der Waals surface area contributed by atoms with Crippen molar-refractivity contribution in [3.05, 3.63) is 29.6 Å². The fourth-order valence-electron chi connectivity index (χ4n) is 2.46. The largest absolute Gasteiger partial charge is 0.355 e. The average molecular weight is 265 g/mol. The Morgan fingerprint density at radius 2 is 2.16 bits per heavy atom. The van der Waals surface area contributed by atoms with Crippen molar-refractivity contribution in [2.45, 2.75) is 32.4 Å². The Bertz CT molecular complexity index is 499. The summed E-state index contributed by atoms with van der Waals surface area (Å²) in [5, 5.41) is 2.85. The lowest BCUT2D eigenvalue weighted by molar-refractivity contribution is -0.126. The summed E-state index contributed by atoms with van der Waals surface area (Å²) in [4.78, 5) is 14.0. The number of carbonyl (C=O) groups is 1. The molecule has 0 spiro atoms. The van der Waals surface area contributed by atoms with Crippen LogP contribution in [0, 0.1) is 5.82 Å². The molecule has 19 heavy (non-hydrogen) atoms. The molecule has 1 amide bonds. The van der Waals surface area contributed by atoms with Gasteiger partial charge in [0.15, 0.2) is 0 Å². The van der Waals surface area contributed by atoms with Crippen LogP contribution in [-0.4, -0.2) is 24.5 Å². The number of amides is 1. The topological polar surface area (TPSA) is 58.4 Å². The molecule has 104 valence electrons. The van der Waals surface area contributed by atoms with Crippen molar-refractivity contribution in [2.24, 2.45) is 5.73 Å². The lowest BCUT2D eigenvalue weighted by Gasteiger charge is -2.44. The molecule has 2 rings (SSSR count). The molecule has 0 aliphatic carbocycles. The minimum atomic E-state index is -0.667. The van der Waals surface area contributed by atoms with Gasteiger partial charge >= 0.3 is 0 Å². The van der Waals surface area contributed by atoms with E-state index in [1.807, 2.05) is 25.7 Å². The second-order valence-electron chi connectivity index (χ2n) is 5.46. The molecule has 1 aromatic carbocycles. The zero-order valence-electron chi connectivity index (χ0n) is 11.5. The predicted molar refractivity (Wildman–Crippen MR) is 73.4 cm³/mol. The molecule has 0 saturated carbocycles. The molecule has 3 N–H and O–H groups in total. The first-order chi connectivity index (χ1) is 8.84. The van der Waals surface area contributed by atoms with E-state index in [2.05, 4.69) is 5.32 Å². The van der Waals surface area contributed by atoms with Crippen LogP contribution in [-0.2, 0) is 4.79 Å². The summed E-state index contributed by atoms with van der Waals surface area (Å²) in [6.45, 7) is 6.79. The second-order valence-corrected chi connectivity index (χ2v) is 5.46. The standard InChI is InChI=1S/C14H20FN3O/c1-9(16)11-8-10(15)4-5-12(11)18-7-6-17-13(19)14(18,2)3/h4-5,8-9H,6-7,16H2,1-3H3,(H,17,19)/t9-/m1/s1. The van der Waals surface area contributed by atoms with Gasteiger partial charge in [-0.1, -0.05) is 0 Å². The monoisotopic (exact) mass is 265 g/mol. The summed E-state index contributed by atoms with van der Waals surface area (Å²) >= 11 is 0. The van der Waals surface area contributed by atoms with Gasteiger partial charge in [0.1, 0.15) is 11.4 Å². The molecular weight excluding hydrogens is 245 g/mol. The van der Waals surface area contributed by atoms with Crippen LogP contribution in [0.4, 0.5) is 10.1 Å². The molecule has 1 aromatic rings. The van der Waals surface area contributed by atoms with Crippen molar-refractivity contribution in [1.82, 2.24) is 5.32 Å². The van der Waals surface area contributed by atoms with Crippen LogP contribution >= 0.6 is 0 Å². The number of halogens is 1. The Morgan fingerprint density at radius 1 is 1.47 bits per heavy atom. The number of benzene rings is 1. The Balaban J connectivity index is 2.49. The van der Waals surface area contributed by atoms with Crippen molar-refractivity contribution in [3.8, 4) is 0 Å². The second kappa shape index (κ2) is 4.81. The van der Waals surface area contributed by atoms with Gasteiger partial charge in [0, 0.05) is 24.8 Å². The number of nitrogens with zero attached hydrogens (tertiary/aromatic N) is 1. The lowest BCUT2D eigenvalue weighted by atomic mass is 9.95. The van der Waals surface area contributed by atoms with Crippen molar-refractivity contribution in [1.29, 1.82) is 0 Å². The first kappa shape index (κ1) is 13.8. The van der Waals surface area contributed by atoms with Crippen LogP contribution in [0.1, 0.15) is 32.4 Å². The number of rotatable bonds is 2. The van der Waals surface area contributed by atoms with Gasteiger partial charge in [-0.25, -0.2) is 4.39 Å². The van der Waals surface area contributed by atoms with Crippen molar-refractivity contribution < 1.29 is 9.18 Å². The quantitative estimate of drug-likeness (QED) is 0.853. The van der Waals surface area contributed by atoms with Gasteiger partial charge in [0.05, 0.1) is 0 Å². The molecule has 4 nitrogen and oxygen atoms in total. The van der Waals surface area contributed by atoms with Crippen LogP contribution in [0.15, 0.2) is 18.2 Å². The molecular formula is C14H20FN3O. The van der Waals surface area contributed by atoms with E-state index in [9.17, 15) is 9.18 Å². The third kappa shape index (κ3) is 2.42. The predicted octanol–water partition coefficient (Wildman–Crippen LogP) is 1.56. The van der Waals surface area contributed by atoms with Crippen LogP contribution < -0.4 is 16.0 Å². The first-order valence-corrected chi connectivity index (χ1v) is 6.45. The highest BCUT2D eigenvalue weighted by atomic mass is 19.1. The number of hydrogen-bond acceptors (Lipinski definition) is 3. The minimum absolute atomic E-state index is 0.0290. The maximum Gasteiger partial charge on any atom is 0.245 e. The molecule has 0 unspecified atom stereocenters. The fraction of sp³-hybridized carbons (Fsp3) is 0.500. The van der Waals surface area contributed by atoms with E-state index in [1.54, 1.807) is 6.07 Å².